The zero-order valence-electron chi connectivity index (χ0n) is 17.7. The fraction of sp³-hybridized carbons (Fsp3) is 0.652. The Morgan fingerprint density at radius 3 is 2.11 bits per heavy atom. The van der Waals surface area contributed by atoms with Crippen molar-refractivity contribution >= 4 is 17.6 Å². The van der Waals surface area contributed by atoms with Crippen molar-refractivity contribution < 1.29 is 9.59 Å². The summed E-state index contributed by atoms with van der Waals surface area (Å²) in [7, 11) is 0. The van der Waals surface area contributed by atoms with Crippen molar-refractivity contribution in [2.75, 3.05) is 31.5 Å². The molecule has 1 aromatic rings. The third-order valence-electron chi connectivity index (χ3n) is 6.05. The molecule has 0 spiro atoms. The summed E-state index contributed by atoms with van der Waals surface area (Å²) in [4.78, 5) is 29.3. The molecule has 2 aliphatic rings. The SMILES string of the molecule is CC(C)(C)c1ccc(NC(=O)N2CCCN(C(=O)C3CCCCC3)CC2)cc1. The Morgan fingerprint density at radius 1 is 0.857 bits per heavy atom. The van der Waals surface area contributed by atoms with Crippen LogP contribution in [-0.4, -0.2) is 47.9 Å². The van der Waals surface area contributed by atoms with Crippen LogP contribution in [0.3, 0.4) is 0 Å². The van der Waals surface area contributed by atoms with Crippen molar-refractivity contribution in [3.05, 3.63) is 29.8 Å². The first-order valence-corrected chi connectivity index (χ1v) is 10.8. The number of urea groups is 1. The molecule has 1 aliphatic carbocycles. The largest absolute Gasteiger partial charge is 0.341 e. The van der Waals surface area contributed by atoms with Crippen molar-refractivity contribution in [2.45, 2.75) is 64.7 Å². The fourth-order valence-corrected chi connectivity index (χ4v) is 4.20. The van der Waals surface area contributed by atoms with Gasteiger partial charge in [-0.3, -0.25) is 4.79 Å². The van der Waals surface area contributed by atoms with E-state index in [1.54, 1.807) is 0 Å². The van der Waals surface area contributed by atoms with E-state index in [1.165, 1.54) is 24.8 Å². The van der Waals surface area contributed by atoms with E-state index in [1.807, 2.05) is 21.9 Å². The topological polar surface area (TPSA) is 52.7 Å². The van der Waals surface area contributed by atoms with Gasteiger partial charge < -0.3 is 15.1 Å². The van der Waals surface area contributed by atoms with Gasteiger partial charge in [0.1, 0.15) is 0 Å². The number of nitrogens with one attached hydrogen (secondary N) is 1. The number of amides is 3. The van der Waals surface area contributed by atoms with Crippen LogP contribution in [0, 0.1) is 5.92 Å². The second-order valence-electron chi connectivity index (χ2n) is 9.26. The van der Waals surface area contributed by atoms with Crippen molar-refractivity contribution in [3.8, 4) is 0 Å². The van der Waals surface area contributed by atoms with Gasteiger partial charge in [0.15, 0.2) is 0 Å². The number of benzene rings is 1. The van der Waals surface area contributed by atoms with Gasteiger partial charge in [-0.2, -0.15) is 0 Å². The van der Waals surface area contributed by atoms with Crippen LogP contribution in [-0.2, 0) is 10.2 Å². The molecule has 28 heavy (non-hydrogen) atoms. The maximum atomic E-state index is 12.8. The van der Waals surface area contributed by atoms with E-state index in [4.69, 9.17) is 0 Å². The Bertz CT molecular complexity index is 672. The minimum absolute atomic E-state index is 0.0736. The van der Waals surface area contributed by atoms with Gasteiger partial charge in [0.2, 0.25) is 5.91 Å². The Morgan fingerprint density at radius 2 is 1.46 bits per heavy atom. The number of nitrogens with zero attached hydrogens (tertiary/aromatic N) is 2. The third-order valence-corrected chi connectivity index (χ3v) is 6.05. The summed E-state index contributed by atoms with van der Waals surface area (Å²) in [5.41, 5.74) is 2.16. The average Bonchev–Trinajstić information content (AvgIpc) is 2.94. The zero-order chi connectivity index (χ0) is 20.1. The maximum Gasteiger partial charge on any atom is 0.321 e. The summed E-state index contributed by atoms with van der Waals surface area (Å²) in [6.45, 7) is 9.24. The smallest absolute Gasteiger partial charge is 0.321 e. The van der Waals surface area contributed by atoms with Gasteiger partial charge in [0.05, 0.1) is 0 Å². The Balaban J connectivity index is 1.53. The highest BCUT2D eigenvalue weighted by Gasteiger charge is 2.28. The van der Waals surface area contributed by atoms with Crippen LogP contribution >= 0.6 is 0 Å². The minimum atomic E-state index is -0.0736. The second kappa shape index (κ2) is 8.97. The van der Waals surface area contributed by atoms with Gasteiger partial charge in [0.25, 0.3) is 0 Å². The quantitative estimate of drug-likeness (QED) is 0.807. The molecule has 0 atom stereocenters. The molecular formula is C23H35N3O2. The summed E-state index contributed by atoms with van der Waals surface area (Å²) in [6, 6.07) is 8.01. The lowest BCUT2D eigenvalue weighted by molar-refractivity contribution is -0.136. The number of rotatable bonds is 2. The minimum Gasteiger partial charge on any atom is -0.341 e. The summed E-state index contributed by atoms with van der Waals surface area (Å²) in [5, 5.41) is 3.01. The summed E-state index contributed by atoms with van der Waals surface area (Å²) in [5.74, 6) is 0.509. The molecule has 1 aliphatic heterocycles. The van der Waals surface area contributed by atoms with E-state index in [-0.39, 0.29) is 17.4 Å². The van der Waals surface area contributed by atoms with Gasteiger partial charge in [-0.15, -0.1) is 0 Å². The van der Waals surface area contributed by atoms with E-state index in [0.717, 1.165) is 31.5 Å². The van der Waals surface area contributed by atoms with Crippen LogP contribution in [0.4, 0.5) is 10.5 Å². The van der Waals surface area contributed by atoms with Gasteiger partial charge >= 0.3 is 6.03 Å². The molecule has 1 heterocycles. The van der Waals surface area contributed by atoms with E-state index >= 15 is 0 Å². The molecule has 3 amide bonds. The number of carbonyl (C=O) groups is 2. The number of carbonyl (C=O) groups excluding carboxylic acids is 2. The van der Waals surface area contributed by atoms with Crippen LogP contribution in [0.2, 0.25) is 0 Å². The third kappa shape index (κ3) is 5.27. The van der Waals surface area contributed by atoms with Crippen LogP contribution in [0.1, 0.15) is 64.9 Å². The molecule has 0 aromatic heterocycles. The normalized spacial score (nSPS) is 19.2. The molecule has 1 saturated carbocycles. The molecular weight excluding hydrogens is 350 g/mol. The average molecular weight is 386 g/mol. The number of hydrogen-bond acceptors (Lipinski definition) is 2. The predicted molar refractivity (Wildman–Crippen MR) is 114 cm³/mol. The molecule has 1 N–H and O–H groups in total. The summed E-state index contributed by atoms with van der Waals surface area (Å²) >= 11 is 0. The van der Waals surface area contributed by atoms with Gasteiger partial charge in [0, 0.05) is 37.8 Å². The van der Waals surface area contributed by atoms with Crippen molar-refractivity contribution in [3.63, 3.8) is 0 Å². The van der Waals surface area contributed by atoms with Crippen molar-refractivity contribution in [1.82, 2.24) is 9.80 Å². The predicted octanol–water partition coefficient (Wildman–Crippen LogP) is 4.63. The molecule has 5 heteroatoms. The lowest BCUT2D eigenvalue weighted by Gasteiger charge is -2.28. The summed E-state index contributed by atoms with van der Waals surface area (Å²) in [6.07, 6.45) is 6.51. The van der Waals surface area contributed by atoms with Gasteiger partial charge in [-0.25, -0.2) is 4.79 Å². The van der Waals surface area contributed by atoms with Crippen molar-refractivity contribution in [1.29, 1.82) is 0 Å². The molecule has 1 saturated heterocycles. The molecule has 0 unspecified atom stereocenters. The molecule has 0 bridgehead atoms. The van der Waals surface area contributed by atoms with E-state index < -0.39 is 0 Å². The van der Waals surface area contributed by atoms with Crippen LogP contribution in [0.25, 0.3) is 0 Å². The molecule has 1 aromatic carbocycles. The standard InChI is InChI=1S/C23H35N3O2/c1-23(2,3)19-10-12-20(13-11-19)24-22(28)26-15-7-14-25(16-17-26)21(27)18-8-5-4-6-9-18/h10-13,18H,4-9,14-17H2,1-3H3,(H,24,28). The second-order valence-corrected chi connectivity index (χ2v) is 9.26. The molecule has 3 rings (SSSR count). The Hall–Kier alpha value is -2.04. The van der Waals surface area contributed by atoms with E-state index in [9.17, 15) is 9.59 Å². The first kappa shape index (κ1) is 20.7. The Kier molecular flexibility index (Phi) is 6.63. The molecule has 2 fully saturated rings. The number of hydrogen-bond donors (Lipinski definition) is 1. The van der Waals surface area contributed by atoms with Gasteiger partial charge in [-0.05, 0) is 42.4 Å². The fourth-order valence-electron chi connectivity index (χ4n) is 4.20. The lowest BCUT2D eigenvalue weighted by atomic mass is 9.87. The Labute approximate surface area is 169 Å². The zero-order valence-corrected chi connectivity index (χ0v) is 17.7. The maximum absolute atomic E-state index is 12.8. The van der Waals surface area contributed by atoms with Crippen LogP contribution in [0.5, 0.6) is 0 Å². The highest BCUT2D eigenvalue weighted by molar-refractivity contribution is 5.89. The first-order valence-electron chi connectivity index (χ1n) is 10.8. The molecule has 154 valence electrons. The number of anilines is 1. The lowest BCUT2D eigenvalue weighted by Crippen LogP contribution is -2.41. The van der Waals surface area contributed by atoms with Crippen LogP contribution < -0.4 is 5.32 Å². The van der Waals surface area contributed by atoms with E-state index in [2.05, 4.69) is 38.2 Å². The van der Waals surface area contributed by atoms with Crippen molar-refractivity contribution in [2.24, 2.45) is 5.92 Å². The first-order chi connectivity index (χ1) is 13.3. The highest BCUT2D eigenvalue weighted by atomic mass is 16.2. The molecule has 5 nitrogen and oxygen atoms in total. The van der Waals surface area contributed by atoms with E-state index in [0.29, 0.717) is 25.5 Å². The monoisotopic (exact) mass is 385 g/mol. The molecule has 0 radical (unpaired) electrons. The van der Waals surface area contributed by atoms with Gasteiger partial charge in [-0.1, -0.05) is 52.2 Å². The van der Waals surface area contributed by atoms with Crippen LogP contribution in [0.15, 0.2) is 24.3 Å². The highest BCUT2D eigenvalue weighted by Crippen LogP contribution is 2.26. The summed E-state index contributed by atoms with van der Waals surface area (Å²) < 4.78 is 0.